The maximum absolute atomic E-state index is 11.8. The lowest BCUT2D eigenvalue weighted by molar-refractivity contribution is 0.589. The molecule has 98 valence electrons. The van der Waals surface area contributed by atoms with Crippen LogP contribution >= 0.6 is 46.1 Å². The van der Waals surface area contributed by atoms with E-state index in [9.17, 15) is 8.42 Å². The van der Waals surface area contributed by atoms with Crippen LogP contribution in [-0.4, -0.2) is 24.4 Å². The zero-order chi connectivity index (χ0) is 13.1. The van der Waals surface area contributed by atoms with Gasteiger partial charge in [0, 0.05) is 0 Å². The Morgan fingerprint density at radius 1 is 1.24 bits per heavy atom. The summed E-state index contributed by atoms with van der Waals surface area (Å²) in [6, 6.07) is 0. The molecule has 0 N–H and O–H groups in total. The molecule has 1 heterocycles. The molecule has 0 saturated carbocycles. The van der Waals surface area contributed by atoms with E-state index in [-0.39, 0.29) is 15.1 Å². The van der Waals surface area contributed by atoms with Crippen molar-refractivity contribution in [3.05, 3.63) is 5.01 Å². The molecule has 0 spiro atoms. The van der Waals surface area contributed by atoms with Gasteiger partial charge < -0.3 is 0 Å². The Balaban J connectivity index is 2.82. The van der Waals surface area contributed by atoms with Crippen molar-refractivity contribution in [1.29, 1.82) is 0 Å². The second-order valence-electron chi connectivity index (χ2n) is 3.40. The van der Waals surface area contributed by atoms with E-state index in [0.29, 0.717) is 6.42 Å². The number of hydrogen-bond acceptors (Lipinski definition) is 5. The van der Waals surface area contributed by atoms with Crippen LogP contribution in [0.1, 0.15) is 31.2 Å². The molecular formula is C8H11Cl3N2O2S2. The van der Waals surface area contributed by atoms with Gasteiger partial charge in [-0.3, -0.25) is 0 Å². The van der Waals surface area contributed by atoms with E-state index in [1.807, 2.05) is 6.92 Å². The van der Waals surface area contributed by atoms with Gasteiger partial charge in [-0.25, -0.2) is 8.42 Å². The largest absolute Gasteiger partial charge is 0.243 e. The van der Waals surface area contributed by atoms with Crippen LogP contribution < -0.4 is 0 Å². The van der Waals surface area contributed by atoms with Crippen molar-refractivity contribution >= 4 is 56.0 Å². The van der Waals surface area contributed by atoms with Crippen LogP contribution in [0, 0.1) is 0 Å². The minimum Gasteiger partial charge on any atom is -0.221 e. The second-order valence-corrected chi connectivity index (χ2v) is 8.94. The maximum Gasteiger partial charge on any atom is 0.243 e. The standard InChI is InChI=1S/C8H11Cl3N2O2S2/c1-2-3-4-5-17(14,15)7-13-12-6(16-7)8(9,10)11/h2-5H2,1H3. The number of halogens is 3. The monoisotopic (exact) mass is 336 g/mol. The average molecular weight is 338 g/mol. The molecule has 0 atom stereocenters. The van der Waals surface area contributed by atoms with Gasteiger partial charge >= 0.3 is 0 Å². The molecule has 0 aliphatic carbocycles. The Labute approximate surface area is 119 Å². The van der Waals surface area contributed by atoms with Crippen LogP contribution in [0.5, 0.6) is 0 Å². The van der Waals surface area contributed by atoms with Crippen molar-refractivity contribution in [2.24, 2.45) is 0 Å². The molecule has 0 radical (unpaired) electrons. The SMILES string of the molecule is CCCCCS(=O)(=O)c1nnc(C(Cl)(Cl)Cl)s1. The topological polar surface area (TPSA) is 59.9 Å². The van der Waals surface area contributed by atoms with Gasteiger partial charge in [0.05, 0.1) is 5.75 Å². The highest BCUT2D eigenvalue weighted by molar-refractivity contribution is 7.93. The van der Waals surface area contributed by atoms with Crippen molar-refractivity contribution in [3.8, 4) is 0 Å². The molecule has 0 aromatic carbocycles. The van der Waals surface area contributed by atoms with E-state index >= 15 is 0 Å². The van der Waals surface area contributed by atoms with Gasteiger partial charge in [-0.05, 0) is 6.42 Å². The van der Waals surface area contributed by atoms with E-state index in [4.69, 9.17) is 34.8 Å². The molecular weight excluding hydrogens is 327 g/mol. The summed E-state index contributed by atoms with van der Waals surface area (Å²) in [6.07, 6.45) is 2.40. The van der Waals surface area contributed by atoms with Crippen LogP contribution in [0.4, 0.5) is 0 Å². The highest BCUT2D eigenvalue weighted by Crippen LogP contribution is 2.40. The third-order valence-electron chi connectivity index (χ3n) is 1.93. The second kappa shape index (κ2) is 6.02. The first kappa shape index (κ1) is 15.4. The lowest BCUT2D eigenvalue weighted by Crippen LogP contribution is -2.06. The lowest BCUT2D eigenvalue weighted by Gasteiger charge is -2.03. The number of rotatable bonds is 5. The molecule has 1 aromatic rings. The predicted octanol–water partition coefficient (Wildman–Crippen LogP) is 3.33. The predicted molar refractivity (Wildman–Crippen MR) is 70.7 cm³/mol. The first-order valence-electron chi connectivity index (χ1n) is 4.91. The first-order valence-corrected chi connectivity index (χ1v) is 8.51. The minimum absolute atomic E-state index is 0.0509. The molecule has 0 amide bonds. The molecule has 17 heavy (non-hydrogen) atoms. The summed E-state index contributed by atoms with van der Waals surface area (Å²) in [7, 11) is -3.40. The Morgan fingerprint density at radius 2 is 1.88 bits per heavy atom. The first-order chi connectivity index (χ1) is 7.77. The summed E-state index contributed by atoms with van der Waals surface area (Å²) in [6.45, 7) is 2.00. The molecule has 0 aliphatic heterocycles. The van der Waals surface area contributed by atoms with Gasteiger partial charge in [0.15, 0.2) is 5.01 Å². The number of aromatic nitrogens is 2. The minimum atomic E-state index is -3.40. The molecule has 0 saturated heterocycles. The van der Waals surface area contributed by atoms with Crippen molar-refractivity contribution in [2.45, 2.75) is 34.3 Å². The van der Waals surface area contributed by atoms with Crippen LogP contribution in [0.3, 0.4) is 0 Å². The van der Waals surface area contributed by atoms with Gasteiger partial charge in [-0.15, -0.1) is 10.2 Å². The van der Waals surface area contributed by atoms with Crippen LogP contribution in [-0.2, 0) is 13.6 Å². The van der Waals surface area contributed by atoms with Crippen molar-refractivity contribution in [2.75, 3.05) is 5.75 Å². The zero-order valence-electron chi connectivity index (χ0n) is 8.99. The summed E-state index contributed by atoms with van der Waals surface area (Å²) < 4.78 is 21.8. The lowest BCUT2D eigenvalue weighted by atomic mass is 10.3. The van der Waals surface area contributed by atoms with Crippen molar-refractivity contribution in [3.63, 3.8) is 0 Å². The van der Waals surface area contributed by atoms with Gasteiger partial charge in [-0.2, -0.15) is 0 Å². The molecule has 4 nitrogen and oxygen atoms in total. The molecule has 0 bridgehead atoms. The average Bonchev–Trinajstić information content (AvgIpc) is 2.66. The van der Waals surface area contributed by atoms with Crippen LogP contribution in [0.25, 0.3) is 0 Å². The molecule has 1 rings (SSSR count). The quantitative estimate of drug-likeness (QED) is 0.611. The fourth-order valence-electron chi connectivity index (χ4n) is 1.08. The van der Waals surface area contributed by atoms with Crippen LogP contribution in [0.2, 0.25) is 0 Å². The van der Waals surface area contributed by atoms with Crippen molar-refractivity contribution < 1.29 is 8.42 Å². The van der Waals surface area contributed by atoms with E-state index in [1.54, 1.807) is 0 Å². The Hall–Kier alpha value is 0.380. The van der Waals surface area contributed by atoms with E-state index < -0.39 is 13.6 Å². The fourth-order valence-corrected chi connectivity index (χ4v) is 3.90. The maximum atomic E-state index is 11.8. The van der Waals surface area contributed by atoms with Crippen LogP contribution in [0.15, 0.2) is 4.34 Å². The number of nitrogens with zero attached hydrogens (tertiary/aromatic N) is 2. The fraction of sp³-hybridized carbons (Fsp3) is 0.750. The smallest absolute Gasteiger partial charge is 0.221 e. The van der Waals surface area contributed by atoms with Crippen molar-refractivity contribution in [1.82, 2.24) is 10.2 Å². The number of alkyl halides is 3. The Kier molecular flexibility index (Phi) is 5.46. The molecule has 9 heteroatoms. The van der Waals surface area contributed by atoms with Gasteiger partial charge in [0.2, 0.25) is 18.0 Å². The number of sulfone groups is 1. The third kappa shape index (κ3) is 4.52. The highest BCUT2D eigenvalue weighted by atomic mass is 35.6. The summed E-state index contributed by atoms with van der Waals surface area (Å²) in [4.78, 5) is 0. The van der Waals surface area contributed by atoms with Gasteiger partial charge in [-0.1, -0.05) is 65.9 Å². The summed E-state index contributed by atoms with van der Waals surface area (Å²) in [5, 5.41) is 7.20. The Morgan fingerprint density at radius 3 is 2.35 bits per heavy atom. The van der Waals surface area contributed by atoms with Gasteiger partial charge in [0.1, 0.15) is 0 Å². The normalized spacial score (nSPS) is 12.9. The third-order valence-corrected chi connectivity index (χ3v) is 6.09. The summed E-state index contributed by atoms with van der Waals surface area (Å²) >= 11 is 17.6. The molecule has 0 unspecified atom stereocenters. The summed E-state index contributed by atoms with van der Waals surface area (Å²) in [5.41, 5.74) is 0. The van der Waals surface area contributed by atoms with E-state index in [2.05, 4.69) is 10.2 Å². The number of unbranched alkanes of at least 4 members (excludes halogenated alkanes) is 2. The molecule has 0 fully saturated rings. The van der Waals surface area contributed by atoms with Gasteiger partial charge in [0.25, 0.3) is 0 Å². The van der Waals surface area contributed by atoms with E-state index in [1.165, 1.54) is 0 Å². The highest BCUT2D eigenvalue weighted by Gasteiger charge is 2.30. The molecule has 0 aliphatic rings. The van der Waals surface area contributed by atoms with E-state index in [0.717, 1.165) is 24.2 Å². The zero-order valence-corrected chi connectivity index (χ0v) is 12.9. The Bertz CT molecular complexity index is 467. The summed E-state index contributed by atoms with van der Waals surface area (Å²) in [5.74, 6) is 0.0509. The number of hydrogen-bond donors (Lipinski definition) is 0. The molecule has 1 aromatic heterocycles.